The lowest BCUT2D eigenvalue weighted by Gasteiger charge is -2.46. The number of carbonyl (C=O) groups is 2. The highest BCUT2D eigenvalue weighted by atomic mass is 35.5. The predicted molar refractivity (Wildman–Crippen MR) is 134 cm³/mol. The summed E-state index contributed by atoms with van der Waals surface area (Å²) >= 11 is 6.49. The molecule has 3 aliphatic rings. The van der Waals surface area contributed by atoms with Crippen molar-refractivity contribution >= 4 is 23.5 Å². The summed E-state index contributed by atoms with van der Waals surface area (Å²) in [7, 11) is 0. The molecule has 7 heteroatoms. The lowest BCUT2D eigenvalue weighted by molar-refractivity contribution is -0.159. The van der Waals surface area contributed by atoms with E-state index in [9.17, 15) is 9.59 Å². The van der Waals surface area contributed by atoms with E-state index < -0.39 is 29.3 Å². The molecule has 1 aromatic carbocycles. The highest BCUT2D eigenvalue weighted by Gasteiger charge is 2.42. The Labute approximate surface area is 213 Å². The Morgan fingerprint density at radius 1 is 1.14 bits per heavy atom. The van der Waals surface area contributed by atoms with Crippen LogP contribution in [-0.4, -0.2) is 41.6 Å². The van der Waals surface area contributed by atoms with Crippen LogP contribution in [0.15, 0.2) is 12.1 Å². The maximum atomic E-state index is 15.2. The number of hydrogen-bond acceptors (Lipinski definition) is 4. The monoisotopic (exact) mass is 507 g/mol. The Morgan fingerprint density at radius 2 is 1.83 bits per heavy atom. The maximum absolute atomic E-state index is 15.2. The molecular weight excluding hydrogens is 469 g/mol. The summed E-state index contributed by atoms with van der Waals surface area (Å²) in [5.74, 6) is 0.101. The van der Waals surface area contributed by atoms with Crippen LogP contribution in [-0.2, 0) is 9.53 Å². The molecule has 0 N–H and O–H groups in total. The van der Waals surface area contributed by atoms with Gasteiger partial charge in [-0.2, -0.15) is 0 Å². The quantitative estimate of drug-likeness (QED) is 0.397. The number of halogens is 2. The van der Waals surface area contributed by atoms with Crippen molar-refractivity contribution in [1.29, 1.82) is 0 Å². The van der Waals surface area contributed by atoms with Crippen molar-refractivity contribution in [2.24, 2.45) is 17.3 Å². The Hall–Kier alpha value is -1.82. The van der Waals surface area contributed by atoms with E-state index in [1.165, 1.54) is 42.7 Å². The lowest BCUT2D eigenvalue weighted by atomic mass is 9.60. The molecule has 2 aliphatic carbocycles. The second-order valence-electron chi connectivity index (χ2n) is 11.9. The van der Waals surface area contributed by atoms with Gasteiger partial charge in [-0.15, -0.1) is 0 Å². The van der Waals surface area contributed by atoms with Gasteiger partial charge in [-0.25, -0.2) is 9.18 Å². The normalized spacial score (nSPS) is 28.6. The van der Waals surface area contributed by atoms with E-state index in [1.54, 1.807) is 20.8 Å². The molecule has 0 radical (unpaired) electrons. The van der Waals surface area contributed by atoms with Crippen LogP contribution in [0.5, 0.6) is 5.75 Å². The summed E-state index contributed by atoms with van der Waals surface area (Å²) < 4.78 is 26.8. The van der Waals surface area contributed by atoms with E-state index in [-0.39, 0.29) is 21.8 Å². The molecule has 1 aliphatic heterocycles. The van der Waals surface area contributed by atoms with Crippen LogP contribution in [0.1, 0.15) is 95.8 Å². The first-order valence-corrected chi connectivity index (χ1v) is 13.5. The number of nitrogens with zero attached hydrogens (tertiary/aromatic N) is 1. The summed E-state index contributed by atoms with van der Waals surface area (Å²) in [5, 5.41) is 0.213. The van der Waals surface area contributed by atoms with Gasteiger partial charge in [0.05, 0.1) is 17.2 Å². The third kappa shape index (κ3) is 5.95. The second kappa shape index (κ2) is 10.3. The number of benzene rings is 1. The van der Waals surface area contributed by atoms with Gasteiger partial charge < -0.3 is 14.4 Å². The van der Waals surface area contributed by atoms with E-state index in [0.717, 1.165) is 31.1 Å². The molecule has 0 spiro atoms. The number of amides is 1. The molecule has 4 rings (SSSR count). The smallest absolute Gasteiger partial charge is 0.329 e. The summed E-state index contributed by atoms with van der Waals surface area (Å²) in [6, 6.07) is 1.85. The van der Waals surface area contributed by atoms with Gasteiger partial charge in [-0.1, -0.05) is 37.8 Å². The van der Waals surface area contributed by atoms with Crippen LogP contribution in [0, 0.1) is 23.1 Å². The molecule has 1 amide bonds. The van der Waals surface area contributed by atoms with Crippen molar-refractivity contribution in [1.82, 2.24) is 4.90 Å². The molecule has 0 aromatic heterocycles. The third-order valence-electron chi connectivity index (χ3n) is 8.06. The van der Waals surface area contributed by atoms with Crippen LogP contribution in [0.25, 0.3) is 0 Å². The first kappa shape index (κ1) is 26.2. The molecule has 194 valence electrons. The van der Waals surface area contributed by atoms with E-state index in [1.807, 2.05) is 0 Å². The standard InChI is InChI=1S/C28H39ClFNO4/c1-5-28(15-18-8-6-9-19(12-18)16-28)17-34-24-14-22(30)20(13-21(24)29)25(32)31-11-7-10-23(31)26(33)35-27(2,3)4/h13-14,18-19,23H,5-12,15-17H2,1-4H3/t18?,19?,23-,28?/m0/s1. The summed E-state index contributed by atoms with van der Waals surface area (Å²) in [4.78, 5) is 27.2. The minimum Gasteiger partial charge on any atom is -0.491 e. The SMILES string of the molecule is CCC1(COc2cc(F)c(C(=O)N3CCC[C@H]3C(=O)OC(C)(C)C)cc2Cl)CC2CCCC(C2)C1. The third-order valence-corrected chi connectivity index (χ3v) is 8.36. The Balaban J connectivity index is 1.46. The zero-order valence-electron chi connectivity index (χ0n) is 21.5. The van der Waals surface area contributed by atoms with Gasteiger partial charge in [-0.05, 0) is 77.2 Å². The van der Waals surface area contributed by atoms with Crippen LogP contribution in [0.2, 0.25) is 5.02 Å². The molecule has 2 saturated carbocycles. The molecule has 3 fully saturated rings. The fourth-order valence-electron chi connectivity index (χ4n) is 6.40. The van der Waals surface area contributed by atoms with Crippen LogP contribution in [0.4, 0.5) is 4.39 Å². The van der Waals surface area contributed by atoms with E-state index in [0.29, 0.717) is 26.0 Å². The fourth-order valence-corrected chi connectivity index (χ4v) is 6.62. The van der Waals surface area contributed by atoms with E-state index in [4.69, 9.17) is 21.1 Å². The average molecular weight is 508 g/mol. The van der Waals surface area contributed by atoms with Crippen LogP contribution in [0.3, 0.4) is 0 Å². The Morgan fingerprint density at radius 3 is 2.46 bits per heavy atom. The van der Waals surface area contributed by atoms with E-state index in [2.05, 4.69) is 6.92 Å². The van der Waals surface area contributed by atoms with Crippen molar-refractivity contribution in [3.05, 3.63) is 28.5 Å². The first-order valence-electron chi connectivity index (χ1n) is 13.2. The predicted octanol–water partition coefficient (Wildman–Crippen LogP) is 6.80. The van der Waals surface area contributed by atoms with Gasteiger partial charge in [0.15, 0.2) is 0 Å². The number of esters is 1. The van der Waals surface area contributed by atoms with Gasteiger partial charge in [-0.3, -0.25) is 4.79 Å². The number of fused-ring (bicyclic) bond motifs is 2. The topological polar surface area (TPSA) is 55.8 Å². The molecular formula is C28H39ClFNO4. The van der Waals surface area contributed by atoms with Gasteiger partial charge in [0.1, 0.15) is 23.2 Å². The zero-order chi connectivity index (χ0) is 25.4. The molecule has 2 bridgehead atoms. The van der Waals surface area contributed by atoms with Crippen molar-refractivity contribution in [2.45, 2.75) is 97.1 Å². The fraction of sp³-hybridized carbons (Fsp3) is 0.714. The molecule has 1 saturated heterocycles. The Kier molecular flexibility index (Phi) is 7.71. The average Bonchev–Trinajstić information content (AvgIpc) is 3.28. The molecule has 1 heterocycles. The summed E-state index contributed by atoms with van der Waals surface area (Å²) in [6.45, 7) is 8.45. The maximum Gasteiger partial charge on any atom is 0.329 e. The van der Waals surface area contributed by atoms with Crippen molar-refractivity contribution in [3.8, 4) is 5.75 Å². The molecule has 1 aromatic rings. The van der Waals surface area contributed by atoms with Gasteiger partial charge in [0.2, 0.25) is 0 Å². The van der Waals surface area contributed by atoms with E-state index >= 15 is 4.39 Å². The lowest BCUT2D eigenvalue weighted by Crippen LogP contribution is -2.43. The molecule has 35 heavy (non-hydrogen) atoms. The highest BCUT2D eigenvalue weighted by Crippen LogP contribution is 2.50. The number of carbonyl (C=O) groups excluding carboxylic acids is 2. The Bertz CT molecular complexity index is 947. The first-order chi connectivity index (χ1) is 16.5. The van der Waals surface area contributed by atoms with Crippen molar-refractivity contribution in [3.63, 3.8) is 0 Å². The van der Waals surface area contributed by atoms with Gasteiger partial charge >= 0.3 is 5.97 Å². The summed E-state index contributed by atoms with van der Waals surface area (Å²) in [5.41, 5.74) is -0.706. The number of hydrogen-bond donors (Lipinski definition) is 0. The summed E-state index contributed by atoms with van der Waals surface area (Å²) in [6.07, 6.45) is 9.73. The van der Waals surface area contributed by atoms with Crippen LogP contribution < -0.4 is 4.74 Å². The minimum absolute atomic E-state index is 0.0957. The molecule has 3 atom stereocenters. The second-order valence-corrected chi connectivity index (χ2v) is 12.3. The molecule has 5 nitrogen and oxygen atoms in total. The van der Waals surface area contributed by atoms with Crippen molar-refractivity contribution < 1.29 is 23.5 Å². The largest absolute Gasteiger partial charge is 0.491 e. The zero-order valence-corrected chi connectivity index (χ0v) is 22.3. The van der Waals surface area contributed by atoms with Gasteiger partial charge in [0.25, 0.3) is 5.91 Å². The number of likely N-dealkylation sites (tertiary alicyclic amines) is 1. The number of ether oxygens (including phenoxy) is 2. The minimum atomic E-state index is -0.717. The molecule has 2 unspecified atom stereocenters. The van der Waals surface area contributed by atoms with Crippen LogP contribution >= 0.6 is 11.6 Å². The highest BCUT2D eigenvalue weighted by molar-refractivity contribution is 6.32. The van der Waals surface area contributed by atoms with Crippen molar-refractivity contribution in [2.75, 3.05) is 13.2 Å². The number of rotatable bonds is 6. The van der Waals surface area contributed by atoms with Gasteiger partial charge in [0, 0.05) is 18.0 Å².